The minimum atomic E-state index is -0.310. The third-order valence-electron chi connectivity index (χ3n) is 2.97. The molecule has 0 aromatic heterocycles. The molecule has 0 fully saturated rings. The van der Waals surface area contributed by atoms with Crippen LogP contribution in [0, 0.1) is 5.82 Å². The summed E-state index contributed by atoms with van der Waals surface area (Å²) in [6.45, 7) is 0. The minimum absolute atomic E-state index is 0.196. The third kappa shape index (κ3) is 3.69. The van der Waals surface area contributed by atoms with E-state index >= 15 is 0 Å². The second-order valence-corrected chi connectivity index (χ2v) is 4.32. The summed E-state index contributed by atoms with van der Waals surface area (Å²) in [5, 5.41) is 0. The topological polar surface area (TPSA) is 35.5 Å². The number of hydrogen-bond acceptors (Lipinski definition) is 3. The Morgan fingerprint density at radius 1 is 1.05 bits per heavy atom. The summed E-state index contributed by atoms with van der Waals surface area (Å²) in [5.74, 6) is 0.558. The molecule has 0 N–H and O–H groups in total. The van der Waals surface area contributed by atoms with Crippen LogP contribution in [0.25, 0.3) is 6.08 Å². The fourth-order valence-electron chi connectivity index (χ4n) is 1.84. The van der Waals surface area contributed by atoms with E-state index in [2.05, 4.69) is 0 Å². The Bertz CT molecular complexity index is 660. The van der Waals surface area contributed by atoms with Gasteiger partial charge in [0.1, 0.15) is 17.3 Å². The molecule has 0 heterocycles. The molecule has 4 heteroatoms. The van der Waals surface area contributed by atoms with E-state index in [1.807, 2.05) is 0 Å². The van der Waals surface area contributed by atoms with Crippen molar-refractivity contribution in [3.63, 3.8) is 0 Å². The van der Waals surface area contributed by atoms with E-state index < -0.39 is 0 Å². The Hall–Kier alpha value is -2.62. The van der Waals surface area contributed by atoms with Crippen LogP contribution in [0.5, 0.6) is 11.5 Å². The van der Waals surface area contributed by atoms with Gasteiger partial charge in [-0.2, -0.15) is 0 Å². The zero-order valence-electron chi connectivity index (χ0n) is 11.8. The van der Waals surface area contributed by atoms with Gasteiger partial charge in [0.2, 0.25) is 0 Å². The fourth-order valence-corrected chi connectivity index (χ4v) is 1.84. The highest BCUT2D eigenvalue weighted by Crippen LogP contribution is 2.25. The second kappa shape index (κ2) is 6.70. The van der Waals surface area contributed by atoms with E-state index in [9.17, 15) is 9.18 Å². The lowest BCUT2D eigenvalue weighted by molar-refractivity contribution is 0.104. The first-order chi connectivity index (χ1) is 10.1. The molecule has 0 radical (unpaired) electrons. The lowest BCUT2D eigenvalue weighted by Gasteiger charge is -2.07. The van der Waals surface area contributed by atoms with Crippen molar-refractivity contribution in [1.29, 1.82) is 0 Å². The number of allylic oxidation sites excluding steroid dienone is 1. The quantitative estimate of drug-likeness (QED) is 0.620. The zero-order valence-corrected chi connectivity index (χ0v) is 11.8. The van der Waals surface area contributed by atoms with Crippen LogP contribution >= 0.6 is 0 Å². The number of benzene rings is 2. The van der Waals surface area contributed by atoms with E-state index in [1.54, 1.807) is 43.5 Å². The van der Waals surface area contributed by atoms with Crippen molar-refractivity contribution in [1.82, 2.24) is 0 Å². The zero-order chi connectivity index (χ0) is 15.2. The minimum Gasteiger partial charge on any atom is -0.497 e. The van der Waals surface area contributed by atoms with Gasteiger partial charge in [-0.3, -0.25) is 4.79 Å². The number of ketones is 1. The Kier molecular flexibility index (Phi) is 4.72. The molecule has 0 aliphatic rings. The first-order valence-corrected chi connectivity index (χ1v) is 6.34. The van der Waals surface area contributed by atoms with E-state index in [1.165, 1.54) is 25.3 Å². The summed E-state index contributed by atoms with van der Waals surface area (Å²) in [6, 6.07) is 10.9. The Labute approximate surface area is 122 Å². The fraction of sp³-hybridized carbons (Fsp3) is 0.118. The molecule has 0 amide bonds. The molecule has 21 heavy (non-hydrogen) atoms. The van der Waals surface area contributed by atoms with Crippen molar-refractivity contribution >= 4 is 11.9 Å². The lowest BCUT2D eigenvalue weighted by Crippen LogP contribution is -1.99. The lowest BCUT2D eigenvalue weighted by atomic mass is 10.1. The van der Waals surface area contributed by atoms with Gasteiger partial charge in [-0.15, -0.1) is 0 Å². The van der Waals surface area contributed by atoms with Crippen LogP contribution in [0.1, 0.15) is 15.9 Å². The molecule has 0 unspecified atom stereocenters. The monoisotopic (exact) mass is 286 g/mol. The number of methoxy groups -OCH3 is 2. The Balaban J connectivity index is 2.22. The maximum Gasteiger partial charge on any atom is 0.189 e. The first kappa shape index (κ1) is 14.8. The second-order valence-electron chi connectivity index (χ2n) is 4.32. The molecular formula is C17H15FO3. The molecule has 0 spiro atoms. The molecule has 0 bridgehead atoms. The number of hydrogen-bond donors (Lipinski definition) is 0. The van der Waals surface area contributed by atoms with Crippen LogP contribution in [-0.4, -0.2) is 20.0 Å². The SMILES string of the molecule is COc1ccc(C(=O)/C=C/c2ccc(F)cc2)c(OC)c1. The van der Waals surface area contributed by atoms with Gasteiger partial charge in [-0.1, -0.05) is 18.2 Å². The third-order valence-corrected chi connectivity index (χ3v) is 2.97. The molecule has 2 aromatic rings. The highest BCUT2D eigenvalue weighted by molar-refractivity contribution is 6.08. The summed E-state index contributed by atoms with van der Waals surface area (Å²) in [7, 11) is 3.04. The standard InChI is InChI=1S/C17H15FO3/c1-20-14-8-9-15(17(11-14)21-2)16(19)10-5-12-3-6-13(18)7-4-12/h3-11H,1-2H3/b10-5+. The molecule has 0 aliphatic carbocycles. The number of carbonyl (C=O) groups is 1. The van der Waals surface area contributed by atoms with E-state index in [4.69, 9.17) is 9.47 Å². The molecule has 108 valence electrons. The normalized spacial score (nSPS) is 10.6. The smallest absolute Gasteiger partial charge is 0.189 e. The van der Waals surface area contributed by atoms with Crippen molar-refractivity contribution in [2.24, 2.45) is 0 Å². The molecule has 3 nitrogen and oxygen atoms in total. The van der Waals surface area contributed by atoms with Crippen LogP contribution < -0.4 is 9.47 Å². The maximum absolute atomic E-state index is 12.8. The van der Waals surface area contributed by atoms with Gasteiger partial charge in [-0.25, -0.2) is 4.39 Å². The van der Waals surface area contributed by atoms with Crippen LogP contribution in [0.15, 0.2) is 48.5 Å². The van der Waals surface area contributed by atoms with E-state index in [0.717, 1.165) is 5.56 Å². The van der Waals surface area contributed by atoms with Gasteiger partial charge >= 0.3 is 0 Å². The summed E-state index contributed by atoms with van der Waals surface area (Å²) in [4.78, 5) is 12.2. The van der Waals surface area contributed by atoms with Crippen molar-refractivity contribution in [3.05, 3.63) is 65.5 Å². The van der Waals surface area contributed by atoms with Gasteiger partial charge in [0, 0.05) is 6.07 Å². The molecule has 0 saturated heterocycles. The van der Waals surface area contributed by atoms with Crippen LogP contribution in [0.4, 0.5) is 4.39 Å². The van der Waals surface area contributed by atoms with Gasteiger partial charge in [0.25, 0.3) is 0 Å². The number of rotatable bonds is 5. The molecule has 2 aromatic carbocycles. The number of halogens is 1. The number of carbonyl (C=O) groups excluding carboxylic acids is 1. The van der Waals surface area contributed by atoms with E-state index in [0.29, 0.717) is 17.1 Å². The van der Waals surface area contributed by atoms with Gasteiger partial charge < -0.3 is 9.47 Å². The highest BCUT2D eigenvalue weighted by atomic mass is 19.1. The summed E-state index contributed by atoms with van der Waals surface area (Å²) >= 11 is 0. The van der Waals surface area contributed by atoms with Crippen molar-refractivity contribution in [2.45, 2.75) is 0 Å². The van der Waals surface area contributed by atoms with Crippen molar-refractivity contribution < 1.29 is 18.7 Å². The molecular weight excluding hydrogens is 271 g/mol. The van der Waals surface area contributed by atoms with Crippen LogP contribution in [-0.2, 0) is 0 Å². The maximum atomic E-state index is 12.8. The van der Waals surface area contributed by atoms with Crippen molar-refractivity contribution in [2.75, 3.05) is 14.2 Å². The summed E-state index contributed by atoms with van der Waals surface area (Å²) < 4.78 is 23.1. The molecule has 2 rings (SSSR count). The Morgan fingerprint density at radius 3 is 2.38 bits per heavy atom. The van der Waals surface area contributed by atoms with E-state index in [-0.39, 0.29) is 11.6 Å². The summed E-state index contributed by atoms with van der Waals surface area (Å²) in [6.07, 6.45) is 3.06. The predicted molar refractivity (Wildman–Crippen MR) is 79.3 cm³/mol. The Morgan fingerprint density at radius 2 is 1.76 bits per heavy atom. The average Bonchev–Trinajstić information content (AvgIpc) is 2.53. The molecule has 0 aliphatic heterocycles. The number of ether oxygens (including phenoxy) is 2. The average molecular weight is 286 g/mol. The highest BCUT2D eigenvalue weighted by Gasteiger charge is 2.10. The summed E-state index contributed by atoms with van der Waals surface area (Å²) in [5.41, 5.74) is 1.19. The largest absolute Gasteiger partial charge is 0.497 e. The van der Waals surface area contributed by atoms with Crippen molar-refractivity contribution in [3.8, 4) is 11.5 Å². The van der Waals surface area contributed by atoms with Crippen LogP contribution in [0.3, 0.4) is 0 Å². The molecule has 0 atom stereocenters. The van der Waals surface area contributed by atoms with Gasteiger partial charge in [0.15, 0.2) is 5.78 Å². The van der Waals surface area contributed by atoms with Gasteiger partial charge in [0.05, 0.1) is 19.8 Å². The first-order valence-electron chi connectivity index (χ1n) is 6.34. The van der Waals surface area contributed by atoms with Crippen LogP contribution in [0.2, 0.25) is 0 Å². The van der Waals surface area contributed by atoms with Gasteiger partial charge in [-0.05, 0) is 35.9 Å². The predicted octanol–water partition coefficient (Wildman–Crippen LogP) is 3.74. The molecule has 0 saturated carbocycles.